The van der Waals surface area contributed by atoms with Crippen LogP contribution in [0.4, 0.5) is 4.79 Å². The molecule has 5 heteroatoms. The maximum absolute atomic E-state index is 11.6. The van der Waals surface area contributed by atoms with Crippen LogP contribution in [-0.4, -0.2) is 33.0 Å². The molecule has 0 spiro atoms. The van der Waals surface area contributed by atoms with Gasteiger partial charge in [-0.3, -0.25) is 0 Å². The fraction of sp³-hybridized carbons (Fsp3) is 0.250. The Morgan fingerprint density at radius 2 is 1.80 bits per heavy atom. The monoisotopic (exact) mass is 339 g/mol. The number of methoxy groups -OCH3 is 1. The highest BCUT2D eigenvalue weighted by Gasteiger charge is 2.00. The smallest absolute Gasteiger partial charge is 0.408 e. The lowest BCUT2D eigenvalue weighted by atomic mass is 10.2. The van der Waals surface area contributed by atoms with E-state index in [1.165, 1.54) is 0 Å². The van der Waals surface area contributed by atoms with Gasteiger partial charge in [0.05, 0.1) is 13.2 Å². The molecule has 2 aromatic carbocycles. The molecule has 0 saturated carbocycles. The normalized spacial score (nSPS) is 9.64. The van der Waals surface area contributed by atoms with Crippen LogP contribution >= 0.6 is 0 Å². The van der Waals surface area contributed by atoms with Gasteiger partial charge in [0.15, 0.2) is 0 Å². The minimum atomic E-state index is -0.486. The van der Waals surface area contributed by atoms with Gasteiger partial charge in [0.1, 0.15) is 19.0 Å². The topological polar surface area (TPSA) is 56.8 Å². The fourth-order valence-corrected chi connectivity index (χ4v) is 1.91. The van der Waals surface area contributed by atoms with Crippen LogP contribution in [0.2, 0.25) is 0 Å². The predicted molar refractivity (Wildman–Crippen MR) is 95.3 cm³/mol. The van der Waals surface area contributed by atoms with Crippen molar-refractivity contribution in [1.82, 2.24) is 5.32 Å². The molecule has 5 nitrogen and oxygen atoms in total. The Labute approximate surface area is 147 Å². The largest absolute Gasteiger partial charge is 0.491 e. The van der Waals surface area contributed by atoms with Crippen LogP contribution in [0.5, 0.6) is 5.75 Å². The number of carbonyl (C=O) groups excluding carboxylic acids is 1. The molecule has 0 fully saturated rings. The van der Waals surface area contributed by atoms with Crippen molar-refractivity contribution in [2.24, 2.45) is 0 Å². The molecule has 0 aliphatic heterocycles. The summed E-state index contributed by atoms with van der Waals surface area (Å²) in [7, 11) is 1.63. The van der Waals surface area contributed by atoms with Gasteiger partial charge in [-0.2, -0.15) is 0 Å². The molecule has 25 heavy (non-hydrogen) atoms. The van der Waals surface area contributed by atoms with E-state index in [0.29, 0.717) is 13.2 Å². The van der Waals surface area contributed by atoms with Crippen molar-refractivity contribution in [3.8, 4) is 17.6 Å². The van der Waals surface area contributed by atoms with Crippen molar-refractivity contribution in [3.05, 3.63) is 65.7 Å². The summed E-state index contributed by atoms with van der Waals surface area (Å²) in [6.45, 7) is 1.52. The molecule has 0 aromatic heterocycles. The Morgan fingerprint density at radius 1 is 1.04 bits per heavy atom. The van der Waals surface area contributed by atoms with Gasteiger partial charge in [0.25, 0.3) is 0 Å². The van der Waals surface area contributed by atoms with Crippen LogP contribution in [-0.2, 0) is 16.1 Å². The number of amides is 1. The molecular formula is C20H21NO4. The first-order chi connectivity index (χ1) is 12.3. The molecule has 2 aromatic rings. The summed E-state index contributed by atoms with van der Waals surface area (Å²) in [5.74, 6) is 6.62. The standard InChI is InChI=1S/C20H21NO4/c1-23-14-15-24-19-11-9-17(10-12-19)8-5-13-21-20(22)25-16-18-6-3-2-4-7-18/h2-4,6-7,9-12H,13-16H2,1H3,(H,21,22). The third kappa shape index (κ3) is 7.42. The minimum absolute atomic E-state index is 0.222. The number of hydrogen-bond acceptors (Lipinski definition) is 4. The van der Waals surface area contributed by atoms with Crippen LogP contribution in [0.3, 0.4) is 0 Å². The fourth-order valence-electron chi connectivity index (χ4n) is 1.91. The highest BCUT2D eigenvalue weighted by Crippen LogP contribution is 2.11. The van der Waals surface area contributed by atoms with E-state index in [1.807, 2.05) is 54.6 Å². The second-order valence-corrected chi connectivity index (χ2v) is 5.08. The molecule has 0 bridgehead atoms. The first-order valence-electron chi connectivity index (χ1n) is 7.93. The average molecular weight is 339 g/mol. The molecule has 2 rings (SSSR count). The predicted octanol–water partition coefficient (Wildman–Crippen LogP) is 2.99. The molecule has 0 aliphatic rings. The van der Waals surface area contributed by atoms with E-state index >= 15 is 0 Å². The van der Waals surface area contributed by atoms with Crippen molar-refractivity contribution in [2.75, 3.05) is 26.9 Å². The molecule has 0 heterocycles. The molecule has 1 N–H and O–H groups in total. The van der Waals surface area contributed by atoms with E-state index in [1.54, 1.807) is 7.11 Å². The molecule has 1 amide bonds. The summed E-state index contributed by atoms with van der Waals surface area (Å²) in [5, 5.41) is 2.60. The zero-order valence-electron chi connectivity index (χ0n) is 14.2. The molecule has 0 saturated heterocycles. The lowest BCUT2D eigenvalue weighted by Crippen LogP contribution is -2.24. The van der Waals surface area contributed by atoms with Crippen LogP contribution in [0.15, 0.2) is 54.6 Å². The zero-order chi connectivity index (χ0) is 17.7. The van der Waals surface area contributed by atoms with Crippen molar-refractivity contribution in [3.63, 3.8) is 0 Å². The lowest BCUT2D eigenvalue weighted by Gasteiger charge is -2.05. The first kappa shape index (κ1) is 18.4. The number of nitrogens with one attached hydrogen (secondary N) is 1. The summed E-state index contributed by atoms with van der Waals surface area (Å²) in [6.07, 6.45) is -0.486. The van der Waals surface area contributed by atoms with Crippen molar-refractivity contribution < 1.29 is 19.0 Å². The highest BCUT2D eigenvalue weighted by atomic mass is 16.5. The molecule has 130 valence electrons. The van der Waals surface area contributed by atoms with Crippen molar-refractivity contribution in [2.45, 2.75) is 6.61 Å². The van der Waals surface area contributed by atoms with Gasteiger partial charge >= 0.3 is 6.09 Å². The molecule has 0 aliphatic carbocycles. The number of rotatable bonds is 7. The number of benzene rings is 2. The molecule has 0 atom stereocenters. The first-order valence-corrected chi connectivity index (χ1v) is 7.93. The summed E-state index contributed by atoms with van der Waals surface area (Å²) in [4.78, 5) is 11.6. The van der Waals surface area contributed by atoms with Gasteiger partial charge in [0.2, 0.25) is 0 Å². The Morgan fingerprint density at radius 3 is 2.52 bits per heavy atom. The maximum atomic E-state index is 11.6. The van der Waals surface area contributed by atoms with E-state index in [4.69, 9.17) is 14.2 Å². The van der Waals surface area contributed by atoms with E-state index < -0.39 is 6.09 Å². The molecular weight excluding hydrogens is 318 g/mol. The average Bonchev–Trinajstić information content (AvgIpc) is 2.66. The van der Waals surface area contributed by atoms with Crippen LogP contribution < -0.4 is 10.1 Å². The second kappa shape index (κ2) is 10.7. The van der Waals surface area contributed by atoms with E-state index in [-0.39, 0.29) is 13.2 Å². The number of ether oxygens (including phenoxy) is 3. The van der Waals surface area contributed by atoms with E-state index in [0.717, 1.165) is 16.9 Å². The number of hydrogen-bond donors (Lipinski definition) is 1. The number of carbonyl (C=O) groups is 1. The molecule has 0 radical (unpaired) electrons. The van der Waals surface area contributed by atoms with Crippen molar-refractivity contribution in [1.29, 1.82) is 0 Å². The van der Waals surface area contributed by atoms with Gasteiger partial charge < -0.3 is 19.5 Å². The SMILES string of the molecule is COCCOc1ccc(C#CCNC(=O)OCc2ccccc2)cc1. The summed E-state index contributed by atoms with van der Waals surface area (Å²) < 4.78 is 15.5. The van der Waals surface area contributed by atoms with Gasteiger partial charge in [0, 0.05) is 12.7 Å². The summed E-state index contributed by atoms with van der Waals surface area (Å²) in [5.41, 5.74) is 1.79. The molecule has 0 unspecified atom stereocenters. The van der Waals surface area contributed by atoms with Crippen molar-refractivity contribution >= 4 is 6.09 Å². The third-order valence-corrected chi connectivity index (χ3v) is 3.18. The summed E-state index contributed by atoms with van der Waals surface area (Å²) in [6, 6.07) is 16.9. The highest BCUT2D eigenvalue weighted by molar-refractivity contribution is 5.67. The van der Waals surface area contributed by atoms with Gasteiger partial charge in [-0.1, -0.05) is 42.2 Å². The maximum Gasteiger partial charge on any atom is 0.408 e. The second-order valence-electron chi connectivity index (χ2n) is 5.08. The minimum Gasteiger partial charge on any atom is -0.491 e. The van der Waals surface area contributed by atoms with Crippen LogP contribution in [0, 0.1) is 11.8 Å². The van der Waals surface area contributed by atoms with Crippen LogP contribution in [0.25, 0.3) is 0 Å². The zero-order valence-corrected chi connectivity index (χ0v) is 14.2. The number of alkyl carbamates (subject to hydrolysis) is 1. The van der Waals surface area contributed by atoms with E-state index in [2.05, 4.69) is 17.2 Å². The van der Waals surface area contributed by atoms with Gasteiger partial charge in [-0.15, -0.1) is 0 Å². The quantitative estimate of drug-likeness (QED) is 0.622. The Hall–Kier alpha value is -2.97. The lowest BCUT2D eigenvalue weighted by molar-refractivity contribution is 0.141. The van der Waals surface area contributed by atoms with Crippen LogP contribution in [0.1, 0.15) is 11.1 Å². The Balaban J connectivity index is 1.68. The Kier molecular flexibility index (Phi) is 7.89. The summed E-state index contributed by atoms with van der Waals surface area (Å²) >= 11 is 0. The third-order valence-electron chi connectivity index (χ3n) is 3.18. The van der Waals surface area contributed by atoms with Gasteiger partial charge in [-0.05, 0) is 29.8 Å². The van der Waals surface area contributed by atoms with E-state index in [9.17, 15) is 4.79 Å². The Bertz CT molecular complexity index is 702. The van der Waals surface area contributed by atoms with Gasteiger partial charge in [-0.25, -0.2) is 4.79 Å².